The Labute approximate surface area is 281 Å². The van der Waals surface area contributed by atoms with Gasteiger partial charge >= 0.3 is 0 Å². The van der Waals surface area contributed by atoms with Crippen molar-refractivity contribution in [3.8, 4) is 0 Å². The van der Waals surface area contributed by atoms with Gasteiger partial charge in [-0.1, -0.05) is 55.4 Å². The van der Waals surface area contributed by atoms with Gasteiger partial charge in [-0.25, -0.2) is 0 Å². The highest BCUT2D eigenvalue weighted by atomic mass is 35.5. The average Bonchev–Trinajstić information content (AvgIpc) is 3.06. The zero-order chi connectivity index (χ0) is 33.7. The van der Waals surface area contributed by atoms with E-state index in [1.54, 1.807) is 0 Å². The molecule has 0 radical (unpaired) electrons. The summed E-state index contributed by atoms with van der Waals surface area (Å²) in [5.74, 6) is 0.439. The zero-order valence-corrected chi connectivity index (χ0v) is 31.4. The van der Waals surface area contributed by atoms with E-state index in [9.17, 15) is 10.2 Å². The normalized spacial score (nSPS) is 15.5. The van der Waals surface area contributed by atoms with Crippen molar-refractivity contribution in [2.24, 2.45) is 0 Å². The van der Waals surface area contributed by atoms with Crippen LogP contribution < -0.4 is 0 Å². The second kappa shape index (κ2) is 23.6. The number of ether oxygens (including phenoxy) is 5. The molecule has 0 saturated carbocycles. The summed E-state index contributed by atoms with van der Waals surface area (Å²) in [7, 11) is 0. The number of hydrogen-bond acceptors (Lipinski definition) is 7. The molecule has 0 aromatic heterocycles. The van der Waals surface area contributed by atoms with Gasteiger partial charge in [-0.3, -0.25) is 0 Å². The number of rotatable bonds is 30. The topological polar surface area (TPSA) is 86.6 Å². The van der Waals surface area contributed by atoms with Crippen molar-refractivity contribution in [3.63, 3.8) is 0 Å². The Bertz CT molecular complexity index is 680. The minimum Gasteiger partial charge on any atom is -0.392 e. The molecule has 0 aliphatic heterocycles. The average molecular weight is 674 g/mol. The van der Waals surface area contributed by atoms with E-state index in [1.807, 2.05) is 6.92 Å². The Morgan fingerprint density at radius 1 is 0.500 bits per heavy atom. The third kappa shape index (κ3) is 15.5. The molecule has 0 amide bonds. The minimum absolute atomic E-state index is 0.0645. The number of aliphatic hydroxyl groups excluding tert-OH is 2. The molecule has 0 aliphatic rings. The summed E-state index contributed by atoms with van der Waals surface area (Å²) >= 11 is 11.8. The van der Waals surface area contributed by atoms with Crippen molar-refractivity contribution in [1.29, 1.82) is 0 Å². The molecule has 9 heteroatoms. The SMILES string of the molecule is CCC(CC)(CCOC(CC)(CC)CC(O)CCl)OCCOC(C)COC(CC)(CC)CCOC(CC)(CC)CC(O)CCl. The molecule has 0 aliphatic carbocycles. The van der Waals surface area contributed by atoms with Crippen molar-refractivity contribution < 1.29 is 33.9 Å². The van der Waals surface area contributed by atoms with Gasteiger partial charge in [0.25, 0.3) is 0 Å². The molecule has 44 heavy (non-hydrogen) atoms. The molecule has 0 fully saturated rings. The van der Waals surface area contributed by atoms with Gasteiger partial charge in [0.1, 0.15) is 0 Å². The van der Waals surface area contributed by atoms with E-state index in [0.29, 0.717) is 45.9 Å². The van der Waals surface area contributed by atoms with E-state index in [2.05, 4.69) is 55.4 Å². The largest absolute Gasteiger partial charge is 0.392 e. The molecule has 0 bridgehead atoms. The highest BCUT2D eigenvalue weighted by Gasteiger charge is 2.34. The fraction of sp³-hybridized carbons (Fsp3) is 1.00. The van der Waals surface area contributed by atoms with Gasteiger partial charge in [-0.15, -0.1) is 23.2 Å². The Balaban J connectivity index is 4.86. The molecule has 266 valence electrons. The van der Waals surface area contributed by atoms with Gasteiger partial charge in [-0.05, 0) is 71.1 Å². The molecule has 0 spiro atoms. The fourth-order valence-electron chi connectivity index (χ4n) is 6.09. The maximum absolute atomic E-state index is 10.2. The van der Waals surface area contributed by atoms with Gasteiger partial charge < -0.3 is 33.9 Å². The first-order valence-electron chi connectivity index (χ1n) is 17.6. The van der Waals surface area contributed by atoms with Crippen LogP contribution in [0.2, 0.25) is 0 Å². The lowest BCUT2D eigenvalue weighted by atomic mass is 9.89. The number of alkyl halides is 2. The van der Waals surface area contributed by atoms with Gasteiger partial charge in [-0.2, -0.15) is 0 Å². The van der Waals surface area contributed by atoms with E-state index >= 15 is 0 Å². The van der Waals surface area contributed by atoms with Crippen molar-refractivity contribution in [2.45, 2.75) is 180 Å². The number of hydrogen-bond donors (Lipinski definition) is 2. The predicted octanol–water partition coefficient (Wildman–Crippen LogP) is 8.45. The van der Waals surface area contributed by atoms with Crippen molar-refractivity contribution in [2.75, 3.05) is 44.8 Å². The summed E-state index contributed by atoms with van der Waals surface area (Å²) in [6.45, 7) is 21.8. The summed E-state index contributed by atoms with van der Waals surface area (Å²) in [6, 6.07) is 0. The Morgan fingerprint density at radius 2 is 0.841 bits per heavy atom. The van der Waals surface area contributed by atoms with Crippen LogP contribution in [0.5, 0.6) is 0 Å². The molecular formula is C35H70Cl2O7. The van der Waals surface area contributed by atoms with Crippen LogP contribution in [0.15, 0.2) is 0 Å². The van der Waals surface area contributed by atoms with Crippen LogP contribution in [0, 0.1) is 0 Å². The lowest BCUT2D eigenvalue weighted by Crippen LogP contribution is -2.40. The molecular weight excluding hydrogens is 603 g/mol. The molecule has 7 nitrogen and oxygen atoms in total. The van der Waals surface area contributed by atoms with Crippen molar-refractivity contribution in [3.05, 3.63) is 0 Å². The van der Waals surface area contributed by atoms with Crippen molar-refractivity contribution in [1.82, 2.24) is 0 Å². The first kappa shape index (κ1) is 44.3. The molecule has 0 heterocycles. The first-order valence-corrected chi connectivity index (χ1v) is 18.6. The summed E-state index contributed by atoms with van der Waals surface area (Å²) in [4.78, 5) is 0. The zero-order valence-electron chi connectivity index (χ0n) is 29.9. The van der Waals surface area contributed by atoms with Crippen LogP contribution >= 0.6 is 23.2 Å². The highest BCUT2D eigenvalue weighted by molar-refractivity contribution is 6.18. The fourth-order valence-corrected chi connectivity index (χ4v) is 6.31. The second-order valence-electron chi connectivity index (χ2n) is 12.6. The van der Waals surface area contributed by atoms with E-state index in [-0.39, 0.29) is 40.3 Å². The smallest absolute Gasteiger partial charge is 0.0781 e. The molecule has 3 unspecified atom stereocenters. The Kier molecular flexibility index (Phi) is 23.8. The van der Waals surface area contributed by atoms with Gasteiger partial charge in [0, 0.05) is 24.6 Å². The van der Waals surface area contributed by atoms with Crippen LogP contribution in [0.1, 0.15) is 139 Å². The summed E-state index contributed by atoms with van der Waals surface area (Å²) in [6.07, 6.45) is 8.36. The van der Waals surface area contributed by atoms with E-state index < -0.39 is 12.2 Å². The molecule has 2 N–H and O–H groups in total. The lowest BCUT2D eigenvalue weighted by molar-refractivity contribution is -0.140. The number of aliphatic hydroxyl groups is 2. The number of halogens is 2. The van der Waals surface area contributed by atoms with Crippen LogP contribution in [-0.4, -0.2) is 95.7 Å². The molecule has 3 atom stereocenters. The standard InChI is InChI=1S/C35H70Cl2O7/c1-10-32(11-2,18-20-41-34(14-5,15-6)24-30(38)26-36)43-23-22-40-29(9)28-44-33(12-3,13-4)19-21-42-35(16-7,17-8)25-31(39)27-37/h29-31,38-39H,10-28H2,1-9H3. The minimum atomic E-state index is -0.562. The predicted molar refractivity (Wildman–Crippen MR) is 184 cm³/mol. The highest BCUT2D eigenvalue weighted by Crippen LogP contribution is 2.32. The Morgan fingerprint density at radius 3 is 1.18 bits per heavy atom. The molecule has 0 aromatic carbocycles. The molecule has 0 rings (SSSR count). The summed E-state index contributed by atoms with van der Waals surface area (Å²) in [5.41, 5.74) is -1.27. The monoisotopic (exact) mass is 672 g/mol. The van der Waals surface area contributed by atoms with E-state index in [1.165, 1.54) is 0 Å². The molecule has 0 saturated heterocycles. The third-order valence-electron chi connectivity index (χ3n) is 10.2. The van der Waals surface area contributed by atoms with Crippen LogP contribution in [-0.2, 0) is 23.7 Å². The lowest BCUT2D eigenvalue weighted by Gasteiger charge is -2.37. The van der Waals surface area contributed by atoms with E-state index in [4.69, 9.17) is 46.9 Å². The van der Waals surface area contributed by atoms with Gasteiger partial charge in [0.05, 0.1) is 73.8 Å². The van der Waals surface area contributed by atoms with Crippen LogP contribution in [0.25, 0.3) is 0 Å². The summed E-state index contributed by atoms with van der Waals surface area (Å²) in [5, 5.41) is 20.3. The second-order valence-corrected chi connectivity index (χ2v) is 13.2. The van der Waals surface area contributed by atoms with Crippen LogP contribution in [0.4, 0.5) is 0 Å². The Hall–Kier alpha value is 0.300. The van der Waals surface area contributed by atoms with Crippen molar-refractivity contribution >= 4 is 23.2 Å². The first-order chi connectivity index (χ1) is 20.9. The quantitative estimate of drug-likeness (QED) is 0.0585. The van der Waals surface area contributed by atoms with E-state index in [0.717, 1.165) is 64.2 Å². The molecule has 0 aromatic rings. The third-order valence-corrected chi connectivity index (χ3v) is 10.9. The maximum Gasteiger partial charge on any atom is 0.0781 e. The summed E-state index contributed by atoms with van der Waals surface area (Å²) < 4.78 is 31.9. The van der Waals surface area contributed by atoms with Gasteiger partial charge in [0.2, 0.25) is 0 Å². The van der Waals surface area contributed by atoms with Crippen LogP contribution in [0.3, 0.4) is 0 Å². The maximum atomic E-state index is 10.2. The van der Waals surface area contributed by atoms with Gasteiger partial charge in [0.15, 0.2) is 0 Å².